The Kier molecular flexibility index (Phi) is 3.45. The van der Waals surface area contributed by atoms with Gasteiger partial charge in [-0.05, 0) is 43.0 Å². The van der Waals surface area contributed by atoms with Gasteiger partial charge in [0, 0.05) is 18.7 Å². The fraction of sp³-hybridized carbons (Fsp3) is 0.350. The summed E-state index contributed by atoms with van der Waals surface area (Å²) in [5, 5.41) is 4.32. The highest BCUT2D eigenvalue weighted by Gasteiger charge is 2.54. The Hall–Kier alpha value is -2.89. The average Bonchev–Trinajstić information content (AvgIpc) is 3.44. The molecular formula is C20H19N3O3. The molecule has 1 aromatic carbocycles. The second kappa shape index (κ2) is 5.83. The largest absolute Gasteiger partial charge is 0.459 e. The highest BCUT2D eigenvalue weighted by Crippen LogP contribution is 2.50. The number of nitrogens with zero attached hydrogens (tertiary/aromatic N) is 3. The summed E-state index contributed by atoms with van der Waals surface area (Å²) >= 11 is 0. The molecule has 1 saturated heterocycles. The molecule has 2 aliphatic rings. The number of carbonyl (C=O) groups excluding carboxylic acids is 1. The molecule has 0 spiro atoms. The highest BCUT2D eigenvalue weighted by atomic mass is 16.5. The van der Waals surface area contributed by atoms with Crippen LogP contribution in [0, 0.1) is 5.92 Å². The van der Waals surface area contributed by atoms with E-state index in [1.165, 1.54) is 6.26 Å². The zero-order valence-corrected chi connectivity index (χ0v) is 14.3. The normalized spacial score (nSPS) is 24.8. The second-order valence-electron chi connectivity index (χ2n) is 7.20. The number of amides is 1. The molecular weight excluding hydrogens is 330 g/mol. The van der Waals surface area contributed by atoms with Crippen LogP contribution in [0.3, 0.4) is 0 Å². The van der Waals surface area contributed by atoms with Crippen LogP contribution in [0.5, 0.6) is 0 Å². The summed E-state index contributed by atoms with van der Waals surface area (Å²) < 4.78 is 10.8. The Bertz CT molecular complexity index is 919. The van der Waals surface area contributed by atoms with E-state index in [9.17, 15) is 4.79 Å². The van der Waals surface area contributed by atoms with Gasteiger partial charge in [-0.3, -0.25) is 4.79 Å². The molecule has 2 aromatic heterocycles. The minimum Gasteiger partial charge on any atom is -0.459 e. The second-order valence-corrected chi connectivity index (χ2v) is 7.20. The van der Waals surface area contributed by atoms with Gasteiger partial charge in [0.1, 0.15) is 0 Å². The van der Waals surface area contributed by atoms with Gasteiger partial charge in [-0.15, -0.1) is 0 Å². The maximum Gasteiger partial charge on any atom is 0.289 e. The Morgan fingerprint density at radius 1 is 1.19 bits per heavy atom. The Labute approximate surface area is 150 Å². The topological polar surface area (TPSA) is 72.4 Å². The molecule has 3 heterocycles. The number of hydrogen-bond acceptors (Lipinski definition) is 5. The first-order valence-electron chi connectivity index (χ1n) is 8.99. The number of benzene rings is 1. The third kappa shape index (κ3) is 2.29. The van der Waals surface area contributed by atoms with Gasteiger partial charge in [0.05, 0.1) is 11.7 Å². The van der Waals surface area contributed by atoms with Gasteiger partial charge in [0.2, 0.25) is 0 Å². The monoisotopic (exact) mass is 349 g/mol. The molecule has 1 aliphatic carbocycles. The molecule has 6 nitrogen and oxygen atoms in total. The van der Waals surface area contributed by atoms with Crippen LogP contribution in [-0.2, 0) is 5.41 Å². The lowest BCUT2D eigenvalue weighted by atomic mass is 9.80. The van der Waals surface area contributed by atoms with Gasteiger partial charge >= 0.3 is 0 Å². The van der Waals surface area contributed by atoms with Crippen molar-refractivity contribution in [2.24, 2.45) is 5.92 Å². The van der Waals surface area contributed by atoms with E-state index in [0.717, 1.165) is 37.2 Å². The molecule has 132 valence electrons. The van der Waals surface area contributed by atoms with Crippen molar-refractivity contribution in [2.75, 3.05) is 13.1 Å². The number of fused-ring (bicyclic) bond motifs is 1. The van der Waals surface area contributed by atoms with Crippen molar-refractivity contribution < 1.29 is 13.7 Å². The van der Waals surface area contributed by atoms with E-state index in [-0.39, 0.29) is 11.3 Å². The summed E-state index contributed by atoms with van der Waals surface area (Å²) in [4.78, 5) is 19.3. The molecule has 0 N–H and O–H groups in total. The van der Waals surface area contributed by atoms with Crippen molar-refractivity contribution in [1.82, 2.24) is 15.0 Å². The standard InChI is InChI=1S/C20H19N3O3/c24-18(16-9-5-11-25-16)23-12-15-8-4-10-20(15,13-23)19-21-17(26-22-19)14-6-2-1-3-7-14/h1-3,5-7,9,11,15H,4,8,10,12-13H2. The molecule has 2 unspecified atom stereocenters. The predicted octanol–water partition coefficient (Wildman–Crippen LogP) is 3.52. The van der Waals surface area contributed by atoms with E-state index < -0.39 is 0 Å². The van der Waals surface area contributed by atoms with Gasteiger partial charge in [0.25, 0.3) is 11.8 Å². The van der Waals surface area contributed by atoms with E-state index in [2.05, 4.69) is 5.16 Å². The lowest BCUT2D eigenvalue weighted by molar-refractivity contribution is 0.0745. The molecule has 2 atom stereocenters. The van der Waals surface area contributed by atoms with Crippen molar-refractivity contribution in [3.63, 3.8) is 0 Å². The number of rotatable bonds is 3. The van der Waals surface area contributed by atoms with Crippen molar-refractivity contribution in [1.29, 1.82) is 0 Å². The summed E-state index contributed by atoms with van der Waals surface area (Å²) in [7, 11) is 0. The van der Waals surface area contributed by atoms with Crippen LogP contribution in [0.25, 0.3) is 11.5 Å². The molecule has 1 amide bonds. The third-order valence-electron chi connectivity index (χ3n) is 5.78. The predicted molar refractivity (Wildman–Crippen MR) is 93.4 cm³/mol. The lowest BCUT2D eigenvalue weighted by Gasteiger charge is -2.24. The van der Waals surface area contributed by atoms with Gasteiger partial charge < -0.3 is 13.8 Å². The first-order chi connectivity index (χ1) is 12.8. The molecule has 1 aliphatic heterocycles. The summed E-state index contributed by atoms with van der Waals surface area (Å²) in [6, 6.07) is 13.2. The lowest BCUT2D eigenvalue weighted by Crippen LogP contribution is -2.35. The summed E-state index contributed by atoms with van der Waals surface area (Å²) in [5.41, 5.74) is 0.706. The maximum absolute atomic E-state index is 12.7. The molecule has 3 aromatic rings. The number of aromatic nitrogens is 2. The molecule has 5 rings (SSSR count). The molecule has 0 radical (unpaired) electrons. The zero-order chi connectivity index (χ0) is 17.6. The highest BCUT2D eigenvalue weighted by molar-refractivity contribution is 5.91. The van der Waals surface area contributed by atoms with E-state index in [1.807, 2.05) is 35.2 Å². The van der Waals surface area contributed by atoms with Gasteiger partial charge in [-0.1, -0.05) is 29.8 Å². The van der Waals surface area contributed by atoms with Crippen molar-refractivity contribution in [3.8, 4) is 11.5 Å². The fourth-order valence-corrected chi connectivity index (χ4v) is 4.49. The number of furan rings is 1. The summed E-state index contributed by atoms with van der Waals surface area (Å²) in [6.45, 7) is 1.33. The number of carbonyl (C=O) groups is 1. The zero-order valence-electron chi connectivity index (χ0n) is 14.3. The van der Waals surface area contributed by atoms with Gasteiger partial charge in [0.15, 0.2) is 11.6 Å². The van der Waals surface area contributed by atoms with Gasteiger partial charge in [-0.2, -0.15) is 4.98 Å². The number of likely N-dealkylation sites (tertiary alicyclic amines) is 1. The Morgan fingerprint density at radius 2 is 2.08 bits per heavy atom. The summed E-state index contributed by atoms with van der Waals surface area (Å²) in [5.74, 6) is 1.96. The Morgan fingerprint density at radius 3 is 2.88 bits per heavy atom. The van der Waals surface area contributed by atoms with Crippen LogP contribution < -0.4 is 0 Å². The molecule has 6 heteroatoms. The Balaban J connectivity index is 1.46. The summed E-state index contributed by atoms with van der Waals surface area (Å²) in [6.07, 6.45) is 4.72. The van der Waals surface area contributed by atoms with Crippen molar-refractivity contribution in [3.05, 3.63) is 60.3 Å². The molecule has 0 bridgehead atoms. The minimum atomic E-state index is -0.210. The van der Waals surface area contributed by atoms with Crippen molar-refractivity contribution >= 4 is 5.91 Å². The SMILES string of the molecule is O=C(c1ccco1)N1CC2CCCC2(c2noc(-c3ccccc3)n2)C1. The van der Waals surface area contributed by atoms with Crippen LogP contribution in [0.1, 0.15) is 35.6 Å². The van der Waals surface area contributed by atoms with E-state index in [0.29, 0.717) is 24.1 Å². The van der Waals surface area contributed by atoms with E-state index >= 15 is 0 Å². The van der Waals surface area contributed by atoms with E-state index in [4.69, 9.17) is 13.9 Å². The quantitative estimate of drug-likeness (QED) is 0.723. The fourth-order valence-electron chi connectivity index (χ4n) is 4.49. The third-order valence-corrected chi connectivity index (χ3v) is 5.78. The first-order valence-corrected chi connectivity index (χ1v) is 8.99. The van der Waals surface area contributed by atoms with Crippen LogP contribution in [-0.4, -0.2) is 34.0 Å². The van der Waals surface area contributed by atoms with E-state index in [1.54, 1.807) is 12.1 Å². The molecule has 2 fully saturated rings. The molecule has 26 heavy (non-hydrogen) atoms. The number of hydrogen-bond donors (Lipinski definition) is 0. The van der Waals surface area contributed by atoms with Gasteiger partial charge in [-0.25, -0.2) is 0 Å². The van der Waals surface area contributed by atoms with Crippen LogP contribution in [0.2, 0.25) is 0 Å². The molecule has 1 saturated carbocycles. The smallest absolute Gasteiger partial charge is 0.289 e. The van der Waals surface area contributed by atoms with Crippen molar-refractivity contribution in [2.45, 2.75) is 24.7 Å². The van der Waals surface area contributed by atoms with Crippen LogP contribution >= 0.6 is 0 Å². The minimum absolute atomic E-state index is 0.0597. The van der Waals surface area contributed by atoms with Crippen LogP contribution in [0.4, 0.5) is 0 Å². The first kappa shape index (κ1) is 15.4. The van der Waals surface area contributed by atoms with Crippen LogP contribution in [0.15, 0.2) is 57.7 Å². The average molecular weight is 349 g/mol. The maximum atomic E-state index is 12.7.